The van der Waals surface area contributed by atoms with Crippen molar-refractivity contribution in [1.82, 2.24) is 16.0 Å². The van der Waals surface area contributed by atoms with Crippen LogP contribution in [0, 0.1) is 0 Å². The largest absolute Gasteiger partial charge is 0.508 e. The van der Waals surface area contributed by atoms with Crippen LogP contribution in [-0.2, 0) is 30.4 Å². The molecular formula is C23H36N8O8. The van der Waals surface area contributed by atoms with Gasteiger partial charge in [0.25, 0.3) is 0 Å². The maximum Gasteiger partial charge on any atom is 0.328 e. The monoisotopic (exact) mass is 552 g/mol. The van der Waals surface area contributed by atoms with E-state index < -0.39 is 66.3 Å². The van der Waals surface area contributed by atoms with Crippen LogP contribution in [0.5, 0.6) is 5.75 Å². The predicted molar refractivity (Wildman–Crippen MR) is 139 cm³/mol. The van der Waals surface area contributed by atoms with Crippen molar-refractivity contribution >= 4 is 35.6 Å². The van der Waals surface area contributed by atoms with E-state index in [1.807, 2.05) is 0 Å². The summed E-state index contributed by atoms with van der Waals surface area (Å²) in [5, 5.41) is 35.7. The van der Waals surface area contributed by atoms with Crippen LogP contribution in [0.2, 0.25) is 0 Å². The number of carbonyl (C=O) groups is 5. The summed E-state index contributed by atoms with van der Waals surface area (Å²) in [5.41, 5.74) is 21.8. The molecule has 14 N–H and O–H groups in total. The Labute approximate surface area is 224 Å². The second-order valence-electron chi connectivity index (χ2n) is 8.78. The Kier molecular flexibility index (Phi) is 13.1. The van der Waals surface area contributed by atoms with Gasteiger partial charge in [0.05, 0.1) is 18.6 Å². The van der Waals surface area contributed by atoms with E-state index in [4.69, 9.17) is 22.9 Å². The molecule has 0 heterocycles. The molecule has 216 valence electrons. The summed E-state index contributed by atoms with van der Waals surface area (Å²) >= 11 is 0. The minimum atomic E-state index is -1.67. The number of carboxylic acid groups (broad SMARTS) is 1. The van der Waals surface area contributed by atoms with Gasteiger partial charge in [0, 0.05) is 13.0 Å². The molecule has 0 fully saturated rings. The molecule has 16 heteroatoms. The van der Waals surface area contributed by atoms with Crippen LogP contribution in [0.3, 0.4) is 0 Å². The lowest BCUT2D eigenvalue weighted by atomic mass is 10.0. The lowest BCUT2D eigenvalue weighted by Gasteiger charge is -2.26. The van der Waals surface area contributed by atoms with Gasteiger partial charge in [0.1, 0.15) is 17.8 Å². The summed E-state index contributed by atoms with van der Waals surface area (Å²) in [6.07, 6.45) is -1.85. The third-order valence-corrected chi connectivity index (χ3v) is 5.39. The summed E-state index contributed by atoms with van der Waals surface area (Å²) in [5.74, 6) is -5.16. The SMILES string of the molecule is CC(O)C(NC(=O)C(Cc1ccc(O)cc1)NC(=O)C(CCCN=C(N)N)NC(=O)C(N)CC(N)=O)C(=O)O. The number of nitrogens with one attached hydrogen (secondary N) is 3. The lowest BCUT2D eigenvalue weighted by Crippen LogP contribution is -2.59. The number of amides is 4. The van der Waals surface area contributed by atoms with Crippen LogP contribution in [0.4, 0.5) is 0 Å². The van der Waals surface area contributed by atoms with Crippen molar-refractivity contribution in [2.75, 3.05) is 6.54 Å². The molecule has 39 heavy (non-hydrogen) atoms. The highest BCUT2D eigenvalue weighted by Gasteiger charge is 2.32. The highest BCUT2D eigenvalue weighted by molar-refractivity contribution is 5.95. The molecule has 0 aromatic heterocycles. The molecule has 1 aromatic rings. The van der Waals surface area contributed by atoms with Gasteiger partial charge in [-0.05, 0) is 37.5 Å². The van der Waals surface area contributed by atoms with Crippen molar-refractivity contribution in [3.05, 3.63) is 29.8 Å². The number of guanidine groups is 1. The highest BCUT2D eigenvalue weighted by atomic mass is 16.4. The van der Waals surface area contributed by atoms with Crippen LogP contribution in [0.25, 0.3) is 0 Å². The Balaban J connectivity index is 3.20. The number of carboxylic acids is 1. The number of nitrogens with two attached hydrogens (primary N) is 4. The molecule has 0 saturated carbocycles. The van der Waals surface area contributed by atoms with E-state index in [0.29, 0.717) is 5.56 Å². The second-order valence-corrected chi connectivity index (χ2v) is 8.78. The number of carbonyl (C=O) groups excluding carboxylic acids is 4. The van der Waals surface area contributed by atoms with Crippen molar-refractivity contribution in [2.24, 2.45) is 27.9 Å². The Morgan fingerprint density at radius 3 is 2.00 bits per heavy atom. The summed E-state index contributed by atoms with van der Waals surface area (Å²) < 4.78 is 0. The zero-order valence-corrected chi connectivity index (χ0v) is 21.4. The number of nitrogens with zero attached hydrogens (tertiary/aromatic N) is 1. The van der Waals surface area contributed by atoms with Crippen molar-refractivity contribution in [3.8, 4) is 5.75 Å². The number of benzene rings is 1. The molecule has 16 nitrogen and oxygen atoms in total. The predicted octanol–water partition coefficient (Wildman–Crippen LogP) is -3.89. The van der Waals surface area contributed by atoms with Crippen LogP contribution in [0.15, 0.2) is 29.3 Å². The number of phenolic OH excluding ortho intramolecular Hbond substituents is 1. The normalized spacial score (nSPS) is 14.5. The zero-order valence-electron chi connectivity index (χ0n) is 21.4. The van der Waals surface area contributed by atoms with E-state index in [1.54, 1.807) is 0 Å². The summed E-state index contributed by atoms with van der Waals surface area (Å²) in [6, 6.07) is 0.0634. The van der Waals surface area contributed by atoms with Gasteiger partial charge in [0.15, 0.2) is 12.0 Å². The Morgan fingerprint density at radius 1 is 0.923 bits per heavy atom. The van der Waals surface area contributed by atoms with Gasteiger partial charge in [-0.1, -0.05) is 12.1 Å². The van der Waals surface area contributed by atoms with E-state index in [0.717, 1.165) is 0 Å². The highest BCUT2D eigenvalue weighted by Crippen LogP contribution is 2.12. The molecule has 5 unspecified atom stereocenters. The smallest absolute Gasteiger partial charge is 0.328 e. The van der Waals surface area contributed by atoms with E-state index in [2.05, 4.69) is 20.9 Å². The van der Waals surface area contributed by atoms with E-state index in [1.165, 1.54) is 31.2 Å². The zero-order chi connectivity index (χ0) is 29.7. The van der Waals surface area contributed by atoms with E-state index in [-0.39, 0.29) is 37.5 Å². The van der Waals surface area contributed by atoms with Gasteiger partial charge in [-0.25, -0.2) is 4.79 Å². The molecule has 4 amide bonds. The number of phenols is 1. The van der Waals surface area contributed by atoms with Gasteiger partial charge in [-0.2, -0.15) is 0 Å². The standard InChI is InChI=1S/C23H36N8O8/c1-11(32)18(22(38)39)31-21(37)16(9-12-4-6-13(33)7-5-12)30-20(36)15(3-2-8-28-23(26)27)29-19(35)14(24)10-17(25)34/h4-7,11,14-16,18,32-33H,2-3,8-10,24H2,1H3,(H2,25,34)(H,29,35)(H,30,36)(H,31,37)(H,38,39)(H4,26,27,28). The molecule has 5 atom stereocenters. The maximum absolute atomic E-state index is 13.2. The lowest BCUT2D eigenvalue weighted by molar-refractivity contribution is -0.145. The number of aliphatic carboxylic acids is 1. The minimum Gasteiger partial charge on any atom is -0.508 e. The van der Waals surface area contributed by atoms with Crippen LogP contribution in [0.1, 0.15) is 31.7 Å². The van der Waals surface area contributed by atoms with Gasteiger partial charge in [-0.3, -0.25) is 24.2 Å². The van der Waals surface area contributed by atoms with Gasteiger partial charge >= 0.3 is 5.97 Å². The first kappa shape index (κ1) is 32.6. The molecule has 0 aliphatic carbocycles. The molecule has 1 rings (SSSR count). The maximum atomic E-state index is 13.2. The van der Waals surface area contributed by atoms with Crippen molar-refractivity contribution < 1.29 is 39.3 Å². The third kappa shape index (κ3) is 12.1. The first-order valence-electron chi connectivity index (χ1n) is 11.9. The Hall–Kier alpha value is -4.44. The van der Waals surface area contributed by atoms with Crippen molar-refractivity contribution in [1.29, 1.82) is 0 Å². The molecular weight excluding hydrogens is 516 g/mol. The molecule has 0 spiro atoms. The minimum absolute atomic E-state index is 0.00335. The fourth-order valence-electron chi connectivity index (χ4n) is 3.35. The summed E-state index contributed by atoms with van der Waals surface area (Å²) in [4.78, 5) is 65.2. The second kappa shape index (κ2) is 15.7. The molecule has 1 aromatic carbocycles. The quantitative estimate of drug-likeness (QED) is 0.0537. The number of aliphatic imine (C=N–C) groups is 1. The average molecular weight is 553 g/mol. The Morgan fingerprint density at radius 2 is 1.49 bits per heavy atom. The topological polar surface area (TPSA) is 299 Å². The van der Waals surface area contributed by atoms with Crippen LogP contribution in [-0.4, -0.2) is 87.7 Å². The number of hydrogen-bond donors (Lipinski definition) is 10. The number of aliphatic hydroxyl groups excluding tert-OH is 1. The fourth-order valence-corrected chi connectivity index (χ4v) is 3.35. The van der Waals surface area contributed by atoms with Gasteiger partial charge in [-0.15, -0.1) is 0 Å². The molecule has 0 bridgehead atoms. The van der Waals surface area contributed by atoms with Gasteiger partial charge in [0.2, 0.25) is 23.6 Å². The third-order valence-electron chi connectivity index (χ3n) is 5.39. The summed E-state index contributed by atoms with van der Waals surface area (Å²) in [6.45, 7) is 1.28. The van der Waals surface area contributed by atoms with Crippen molar-refractivity contribution in [3.63, 3.8) is 0 Å². The average Bonchev–Trinajstić information content (AvgIpc) is 2.83. The first-order chi connectivity index (χ1) is 18.2. The number of hydrogen-bond acceptors (Lipinski definition) is 9. The van der Waals surface area contributed by atoms with Crippen LogP contribution >= 0.6 is 0 Å². The Bertz CT molecular complexity index is 1040. The number of primary amides is 1. The van der Waals surface area contributed by atoms with Crippen LogP contribution < -0.4 is 38.9 Å². The van der Waals surface area contributed by atoms with E-state index in [9.17, 15) is 39.3 Å². The molecule has 0 radical (unpaired) electrons. The molecule has 0 aliphatic heterocycles. The number of aromatic hydroxyl groups is 1. The number of aliphatic hydroxyl groups is 1. The molecule has 0 saturated heterocycles. The fraction of sp³-hybridized carbons (Fsp3) is 0.478. The van der Waals surface area contributed by atoms with E-state index >= 15 is 0 Å². The number of rotatable bonds is 16. The van der Waals surface area contributed by atoms with Crippen molar-refractivity contribution in [2.45, 2.75) is 62.9 Å². The molecule has 0 aliphatic rings. The summed E-state index contributed by atoms with van der Waals surface area (Å²) in [7, 11) is 0. The first-order valence-corrected chi connectivity index (χ1v) is 11.9. The van der Waals surface area contributed by atoms with Gasteiger partial charge < -0.3 is 54.2 Å².